The normalized spacial score (nSPS) is 16.5. The quantitative estimate of drug-likeness (QED) is 0.0942. The number of ether oxygens (including phenoxy) is 2. The highest BCUT2D eigenvalue weighted by Gasteiger charge is 2.46. The molecule has 11 heteroatoms. The summed E-state index contributed by atoms with van der Waals surface area (Å²) >= 11 is 25.0. The summed E-state index contributed by atoms with van der Waals surface area (Å²) in [6.45, 7) is 3.64. The number of carbonyl (C=O) groups excluding carboxylic acids is 1. The van der Waals surface area contributed by atoms with E-state index in [1.54, 1.807) is 29.2 Å². The van der Waals surface area contributed by atoms with Gasteiger partial charge in [-0.3, -0.25) is 4.90 Å². The third-order valence-electron chi connectivity index (χ3n) is 9.52. The van der Waals surface area contributed by atoms with Crippen LogP contribution in [-0.2, 0) is 28.1 Å². The Morgan fingerprint density at radius 2 is 1.55 bits per heavy atom. The molecule has 0 saturated carbocycles. The molecule has 1 fully saturated rings. The molecule has 2 aliphatic heterocycles. The summed E-state index contributed by atoms with van der Waals surface area (Å²) in [4.78, 5) is 17.6. The largest absolute Gasteiger partial charge is 0.444 e. The number of amides is 1. The number of oxime groups is 1. The van der Waals surface area contributed by atoms with Gasteiger partial charge >= 0.3 is 6.09 Å². The van der Waals surface area contributed by atoms with Gasteiger partial charge in [-0.1, -0.05) is 106 Å². The van der Waals surface area contributed by atoms with Gasteiger partial charge in [0.15, 0.2) is 0 Å². The zero-order chi connectivity index (χ0) is 34.4. The van der Waals surface area contributed by atoms with E-state index in [9.17, 15) is 10.0 Å². The van der Waals surface area contributed by atoms with Gasteiger partial charge in [0.1, 0.15) is 6.61 Å². The number of likely N-dealkylation sites (tertiary alicyclic amines) is 1. The molecule has 0 radical (unpaired) electrons. The maximum atomic E-state index is 13.3. The summed E-state index contributed by atoms with van der Waals surface area (Å²) in [7, 11) is 0. The van der Waals surface area contributed by atoms with E-state index in [2.05, 4.69) is 16.1 Å². The van der Waals surface area contributed by atoms with Crippen LogP contribution in [0.15, 0.2) is 96.2 Å². The Balaban J connectivity index is 1.10. The van der Waals surface area contributed by atoms with Gasteiger partial charge < -0.3 is 19.6 Å². The molecular weight excluding hydrogens is 704 g/mol. The fraction of sp³-hybridized carbons (Fsp3) is 0.316. The molecule has 6 rings (SSSR count). The second-order valence-electron chi connectivity index (χ2n) is 12.6. The molecule has 1 N–H and O–H groups in total. The number of anilines is 1. The molecule has 1 amide bonds. The SMILES string of the molecule is O=C(OCc1ccccc1)N1CC2(CCN(CC[C@@H](/C(COCc3cc(Cl)cc(Cl)c3)=N/O)c3ccc(Cl)c(Cl)c3)CC2)c2ccccc21. The van der Waals surface area contributed by atoms with Crippen molar-refractivity contribution < 1.29 is 19.5 Å². The van der Waals surface area contributed by atoms with Crippen molar-refractivity contribution in [2.24, 2.45) is 5.16 Å². The van der Waals surface area contributed by atoms with Gasteiger partial charge in [0.25, 0.3) is 0 Å². The van der Waals surface area contributed by atoms with Crippen molar-refractivity contribution in [3.8, 4) is 0 Å². The number of benzene rings is 4. The summed E-state index contributed by atoms with van der Waals surface area (Å²) in [6, 6.07) is 28.7. The Kier molecular flexibility index (Phi) is 11.7. The van der Waals surface area contributed by atoms with E-state index in [1.165, 1.54) is 5.56 Å². The molecule has 1 saturated heterocycles. The Labute approximate surface area is 306 Å². The fourth-order valence-electron chi connectivity index (χ4n) is 6.96. The van der Waals surface area contributed by atoms with Crippen LogP contribution in [0.1, 0.15) is 47.4 Å². The topological polar surface area (TPSA) is 74.6 Å². The van der Waals surface area contributed by atoms with Crippen molar-refractivity contribution in [2.75, 3.05) is 37.7 Å². The van der Waals surface area contributed by atoms with Crippen molar-refractivity contribution in [1.29, 1.82) is 0 Å². The lowest BCUT2D eigenvalue weighted by molar-refractivity contribution is 0.139. The van der Waals surface area contributed by atoms with Crippen molar-refractivity contribution in [1.82, 2.24) is 4.90 Å². The smallest absolute Gasteiger partial charge is 0.414 e. The summed E-state index contributed by atoms with van der Waals surface area (Å²) < 4.78 is 11.7. The third kappa shape index (κ3) is 8.54. The summed E-state index contributed by atoms with van der Waals surface area (Å²) in [6.07, 6.45) is 2.15. The molecule has 4 aromatic carbocycles. The van der Waals surface area contributed by atoms with Gasteiger partial charge in [-0.05, 0) is 97.5 Å². The highest BCUT2D eigenvalue weighted by molar-refractivity contribution is 6.42. The molecule has 0 unspecified atom stereocenters. The van der Waals surface area contributed by atoms with Gasteiger partial charge in [-0.25, -0.2) is 4.79 Å². The molecule has 0 aliphatic carbocycles. The molecule has 49 heavy (non-hydrogen) atoms. The molecule has 1 atom stereocenters. The first-order valence-electron chi connectivity index (χ1n) is 16.2. The molecule has 1 spiro atoms. The standard InChI is InChI=1S/C38H37Cl4N3O4/c39-29-18-27(19-30(40)21-29)22-48-24-35(43-47)31(28-10-11-33(41)34(42)20-28)12-15-44-16-13-38(14-17-44)25-45(36-9-5-4-8-32(36)38)37(46)49-23-26-6-2-1-3-7-26/h1-11,18-21,31,47H,12-17,22-25H2/b43-35+/t31-/m1/s1. The van der Waals surface area contributed by atoms with Crippen LogP contribution in [0, 0.1) is 0 Å². The number of fused-ring (bicyclic) bond motifs is 2. The molecule has 2 heterocycles. The van der Waals surface area contributed by atoms with Gasteiger partial charge in [0.2, 0.25) is 0 Å². The Morgan fingerprint density at radius 3 is 2.27 bits per heavy atom. The van der Waals surface area contributed by atoms with Gasteiger partial charge in [-0.15, -0.1) is 0 Å². The minimum atomic E-state index is -0.323. The van der Waals surface area contributed by atoms with E-state index in [4.69, 9.17) is 55.9 Å². The third-order valence-corrected chi connectivity index (χ3v) is 10.7. The predicted octanol–water partition coefficient (Wildman–Crippen LogP) is 10.0. The number of carbonyl (C=O) groups is 1. The van der Waals surface area contributed by atoms with Crippen LogP contribution in [0.2, 0.25) is 20.1 Å². The zero-order valence-corrected chi connectivity index (χ0v) is 29.9. The van der Waals surface area contributed by atoms with Crippen molar-refractivity contribution in [3.05, 3.63) is 133 Å². The van der Waals surface area contributed by atoms with Gasteiger partial charge in [0, 0.05) is 27.9 Å². The minimum absolute atomic E-state index is 0.0989. The molecule has 2 aliphatic rings. The Bertz CT molecular complexity index is 1780. The molecule has 4 aromatic rings. The van der Waals surface area contributed by atoms with Gasteiger partial charge in [-0.2, -0.15) is 0 Å². The van der Waals surface area contributed by atoms with Gasteiger partial charge in [0.05, 0.1) is 34.7 Å². The van der Waals surface area contributed by atoms with Crippen LogP contribution in [-0.4, -0.2) is 54.7 Å². The maximum Gasteiger partial charge on any atom is 0.414 e. The molecule has 256 valence electrons. The molecule has 0 aromatic heterocycles. The average molecular weight is 742 g/mol. The van der Waals surface area contributed by atoms with Crippen LogP contribution in [0.4, 0.5) is 10.5 Å². The Morgan fingerprint density at radius 1 is 0.837 bits per heavy atom. The minimum Gasteiger partial charge on any atom is -0.444 e. The highest BCUT2D eigenvalue weighted by atomic mass is 35.5. The predicted molar refractivity (Wildman–Crippen MR) is 197 cm³/mol. The fourth-order valence-corrected chi connectivity index (χ4v) is 7.83. The number of rotatable bonds is 11. The average Bonchev–Trinajstić information content (AvgIpc) is 3.42. The van der Waals surface area contributed by atoms with Crippen molar-refractivity contribution in [2.45, 2.75) is 43.8 Å². The first-order valence-corrected chi connectivity index (χ1v) is 17.7. The van der Waals surface area contributed by atoms with E-state index in [1.807, 2.05) is 60.7 Å². The number of hydrogen-bond acceptors (Lipinski definition) is 6. The second kappa shape index (κ2) is 16.2. The first kappa shape index (κ1) is 35.5. The second-order valence-corrected chi connectivity index (χ2v) is 14.3. The summed E-state index contributed by atoms with van der Waals surface area (Å²) in [5.41, 5.74) is 5.13. The lowest BCUT2D eigenvalue weighted by atomic mass is 9.74. The lowest BCUT2D eigenvalue weighted by Gasteiger charge is -2.40. The number of nitrogens with zero attached hydrogens (tertiary/aromatic N) is 3. The van der Waals surface area contributed by atoms with Crippen LogP contribution in [0.5, 0.6) is 0 Å². The van der Waals surface area contributed by atoms with E-state index >= 15 is 0 Å². The van der Waals surface area contributed by atoms with Crippen LogP contribution < -0.4 is 4.90 Å². The number of piperidine rings is 1. The molecular formula is C38H37Cl4N3O4. The molecule has 7 nitrogen and oxygen atoms in total. The number of para-hydroxylation sites is 1. The van der Waals surface area contributed by atoms with Crippen molar-refractivity contribution >= 4 is 63.9 Å². The first-order chi connectivity index (χ1) is 23.7. The lowest BCUT2D eigenvalue weighted by Crippen LogP contribution is -2.46. The summed E-state index contributed by atoms with van der Waals surface area (Å²) in [5, 5.41) is 15.8. The van der Waals surface area contributed by atoms with E-state index in [0.29, 0.717) is 38.8 Å². The van der Waals surface area contributed by atoms with Crippen LogP contribution in [0.3, 0.4) is 0 Å². The van der Waals surface area contributed by atoms with Crippen LogP contribution >= 0.6 is 46.4 Å². The Hall–Kier alpha value is -3.30. The summed E-state index contributed by atoms with van der Waals surface area (Å²) in [5.74, 6) is -0.263. The van der Waals surface area contributed by atoms with Crippen LogP contribution in [0.25, 0.3) is 0 Å². The van der Waals surface area contributed by atoms with Crippen molar-refractivity contribution in [3.63, 3.8) is 0 Å². The van der Waals surface area contributed by atoms with E-state index in [0.717, 1.165) is 54.9 Å². The molecule has 0 bridgehead atoms. The maximum absolute atomic E-state index is 13.3. The van der Waals surface area contributed by atoms with E-state index < -0.39 is 0 Å². The number of hydrogen-bond donors (Lipinski definition) is 1. The zero-order valence-electron chi connectivity index (χ0n) is 26.8. The monoisotopic (exact) mass is 739 g/mol. The highest BCUT2D eigenvalue weighted by Crippen LogP contribution is 2.47. The number of halogens is 4. The van der Waals surface area contributed by atoms with E-state index in [-0.39, 0.29) is 37.2 Å².